The van der Waals surface area contributed by atoms with Gasteiger partial charge >= 0.3 is 0 Å². The zero-order valence-electron chi connectivity index (χ0n) is 14.9. The molecule has 2 aromatic carbocycles. The second-order valence-corrected chi connectivity index (χ2v) is 6.37. The van der Waals surface area contributed by atoms with Crippen molar-refractivity contribution < 1.29 is 8.81 Å². The Kier molecular flexibility index (Phi) is 5.29. The standard InChI is InChI=1S/C21H23FN2O/c1-4-16-8-10-17(11-9-16)13-24(3)14-20-15(2)25-21(23-20)18-6-5-7-19(22)12-18/h5-12H,4,13-14H2,1-3H3. The average Bonchev–Trinajstić information content (AvgIpc) is 2.96. The second kappa shape index (κ2) is 7.62. The summed E-state index contributed by atoms with van der Waals surface area (Å²) in [5.41, 5.74) is 4.16. The van der Waals surface area contributed by atoms with E-state index in [-0.39, 0.29) is 5.82 Å². The first-order valence-corrected chi connectivity index (χ1v) is 8.53. The van der Waals surface area contributed by atoms with Gasteiger partial charge in [0.05, 0.1) is 5.69 Å². The van der Waals surface area contributed by atoms with Crippen LogP contribution in [0.25, 0.3) is 11.5 Å². The van der Waals surface area contributed by atoms with Gasteiger partial charge in [0, 0.05) is 18.7 Å². The molecular formula is C21H23FN2O. The van der Waals surface area contributed by atoms with Gasteiger partial charge in [-0.2, -0.15) is 0 Å². The zero-order valence-corrected chi connectivity index (χ0v) is 14.9. The Morgan fingerprint density at radius 1 is 1.04 bits per heavy atom. The predicted octanol–water partition coefficient (Wildman–Crippen LogP) is 4.98. The first kappa shape index (κ1) is 17.4. The summed E-state index contributed by atoms with van der Waals surface area (Å²) in [7, 11) is 2.06. The maximum absolute atomic E-state index is 13.4. The summed E-state index contributed by atoms with van der Waals surface area (Å²) in [6.45, 7) is 5.57. The summed E-state index contributed by atoms with van der Waals surface area (Å²) < 4.78 is 19.1. The highest BCUT2D eigenvalue weighted by Gasteiger charge is 2.14. The molecule has 3 rings (SSSR count). The molecule has 0 fully saturated rings. The van der Waals surface area contributed by atoms with Crippen molar-refractivity contribution >= 4 is 0 Å². The van der Waals surface area contributed by atoms with Crippen molar-refractivity contribution in [3.63, 3.8) is 0 Å². The van der Waals surface area contributed by atoms with Gasteiger partial charge in [-0.05, 0) is 49.7 Å². The van der Waals surface area contributed by atoms with Crippen molar-refractivity contribution in [3.8, 4) is 11.5 Å². The van der Waals surface area contributed by atoms with Crippen LogP contribution < -0.4 is 0 Å². The van der Waals surface area contributed by atoms with E-state index in [0.717, 1.165) is 24.4 Å². The van der Waals surface area contributed by atoms with Gasteiger partial charge in [0.1, 0.15) is 11.6 Å². The number of hydrogen-bond donors (Lipinski definition) is 0. The van der Waals surface area contributed by atoms with Crippen molar-refractivity contribution in [3.05, 3.63) is 76.9 Å². The molecule has 3 nitrogen and oxygen atoms in total. The molecule has 0 aliphatic carbocycles. The smallest absolute Gasteiger partial charge is 0.226 e. The van der Waals surface area contributed by atoms with Gasteiger partial charge in [-0.15, -0.1) is 0 Å². The lowest BCUT2D eigenvalue weighted by atomic mass is 10.1. The van der Waals surface area contributed by atoms with E-state index in [9.17, 15) is 4.39 Å². The quantitative estimate of drug-likeness (QED) is 0.634. The Hall–Kier alpha value is -2.46. The third-order valence-corrected chi connectivity index (χ3v) is 4.27. The van der Waals surface area contributed by atoms with Gasteiger partial charge in [0.15, 0.2) is 0 Å². The molecule has 1 heterocycles. The molecule has 0 bridgehead atoms. The highest BCUT2D eigenvalue weighted by molar-refractivity contribution is 5.53. The fourth-order valence-corrected chi connectivity index (χ4v) is 2.82. The minimum atomic E-state index is -0.289. The molecule has 4 heteroatoms. The fourth-order valence-electron chi connectivity index (χ4n) is 2.82. The number of nitrogens with zero attached hydrogens (tertiary/aromatic N) is 2. The van der Waals surface area contributed by atoms with Crippen LogP contribution in [-0.2, 0) is 19.5 Å². The largest absolute Gasteiger partial charge is 0.441 e. The molecule has 0 spiro atoms. The van der Waals surface area contributed by atoms with Crippen molar-refractivity contribution in [1.29, 1.82) is 0 Å². The number of benzene rings is 2. The summed E-state index contributed by atoms with van der Waals surface area (Å²) in [4.78, 5) is 6.75. The van der Waals surface area contributed by atoms with Crippen LogP contribution in [-0.4, -0.2) is 16.9 Å². The summed E-state index contributed by atoms with van der Waals surface area (Å²) in [6, 6.07) is 15.0. The number of aromatic nitrogens is 1. The second-order valence-electron chi connectivity index (χ2n) is 6.37. The molecule has 0 radical (unpaired) electrons. The Morgan fingerprint density at radius 3 is 2.44 bits per heavy atom. The SMILES string of the molecule is CCc1ccc(CN(C)Cc2nc(-c3cccc(F)c3)oc2C)cc1. The molecule has 3 aromatic rings. The van der Waals surface area contributed by atoms with E-state index in [1.165, 1.54) is 23.3 Å². The molecule has 0 amide bonds. The number of oxazole rings is 1. The van der Waals surface area contributed by atoms with Gasteiger partial charge in [-0.25, -0.2) is 9.37 Å². The number of halogens is 1. The van der Waals surface area contributed by atoms with Crippen molar-refractivity contribution in [2.75, 3.05) is 7.05 Å². The minimum Gasteiger partial charge on any atom is -0.441 e. The Morgan fingerprint density at radius 2 is 1.76 bits per heavy atom. The molecular weight excluding hydrogens is 315 g/mol. The molecule has 1 aromatic heterocycles. The summed E-state index contributed by atoms with van der Waals surface area (Å²) in [5.74, 6) is 0.947. The van der Waals surface area contributed by atoms with Crippen LogP contribution in [0, 0.1) is 12.7 Å². The molecule has 0 aliphatic rings. The topological polar surface area (TPSA) is 29.3 Å². The van der Waals surface area contributed by atoms with Crippen molar-refractivity contribution in [2.45, 2.75) is 33.4 Å². The van der Waals surface area contributed by atoms with Crippen LogP contribution >= 0.6 is 0 Å². The van der Waals surface area contributed by atoms with E-state index in [1.54, 1.807) is 12.1 Å². The van der Waals surface area contributed by atoms with Crippen LogP contribution in [0.3, 0.4) is 0 Å². The Labute approximate surface area is 148 Å². The highest BCUT2D eigenvalue weighted by atomic mass is 19.1. The van der Waals surface area contributed by atoms with Crippen molar-refractivity contribution in [2.24, 2.45) is 0 Å². The van der Waals surface area contributed by atoms with E-state index < -0.39 is 0 Å². The predicted molar refractivity (Wildman–Crippen MR) is 97.6 cm³/mol. The zero-order chi connectivity index (χ0) is 17.8. The molecule has 0 aliphatic heterocycles. The monoisotopic (exact) mass is 338 g/mol. The normalized spacial score (nSPS) is 11.2. The number of hydrogen-bond acceptors (Lipinski definition) is 3. The van der Waals surface area contributed by atoms with Crippen molar-refractivity contribution in [1.82, 2.24) is 9.88 Å². The van der Waals surface area contributed by atoms with Crippen LogP contribution in [0.4, 0.5) is 4.39 Å². The molecule has 25 heavy (non-hydrogen) atoms. The summed E-state index contributed by atoms with van der Waals surface area (Å²) >= 11 is 0. The summed E-state index contributed by atoms with van der Waals surface area (Å²) in [6.07, 6.45) is 1.05. The van der Waals surface area contributed by atoms with E-state index in [2.05, 4.69) is 48.1 Å². The molecule has 0 N–H and O–H groups in total. The third-order valence-electron chi connectivity index (χ3n) is 4.27. The van der Waals surface area contributed by atoms with Crippen LogP contribution in [0.5, 0.6) is 0 Å². The maximum atomic E-state index is 13.4. The Balaban J connectivity index is 1.69. The van der Waals surface area contributed by atoms with Gasteiger partial charge < -0.3 is 4.42 Å². The lowest BCUT2D eigenvalue weighted by Gasteiger charge is -2.15. The van der Waals surface area contributed by atoms with Gasteiger partial charge in [-0.1, -0.05) is 37.3 Å². The minimum absolute atomic E-state index is 0.289. The van der Waals surface area contributed by atoms with Gasteiger partial charge in [-0.3, -0.25) is 4.90 Å². The van der Waals surface area contributed by atoms with E-state index in [1.807, 2.05) is 6.92 Å². The first-order chi connectivity index (χ1) is 12.0. The van der Waals surface area contributed by atoms with E-state index >= 15 is 0 Å². The van der Waals surface area contributed by atoms with Crippen LogP contribution in [0.1, 0.15) is 29.5 Å². The van der Waals surface area contributed by atoms with Gasteiger partial charge in [0.25, 0.3) is 0 Å². The number of rotatable bonds is 6. The lowest BCUT2D eigenvalue weighted by Crippen LogP contribution is -2.18. The maximum Gasteiger partial charge on any atom is 0.226 e. The third kappa shape index (κ3) is 4.34. The molecule has 0 saturated carbocycles. The molecule has 0 saturated heterocycles. The first-order valence-electron chi connectivity index (χ1n) is 8.53. The summed E-state index contributed by atoms with van der Waals surface area (Å²) in [5, 5.41) is 0. The molecule has 0 unspecified atom stereocenters. The van der Waals surface area contributed by atoms with Crippen LogP contribution in [0.15, 0.2) is 52.9 Å². The number of aryl methyl sites for hydroxylation is 2. The van der Waals surface area contributed by atoms with Gasteiger partial charge in [0.2, 0.25) is 5.89 Å². The van der Waals surface area contributed by atoms with E-state index in [0.29, 0.717) is 18.0 Å². The van der Waals surface area contributed by atoms with Crippen LogP contribution in [0.2, 0.25) is 0 Å². The lowest BCUT2D eigenvalue weighted by molar-refractivity contribution is 0.313. The fraction of sp³-hybridized carbons (Fsp3) is 0.286. The van der Waals surface area contributed by atoms with E-state index in [4.69, 9.17) is 4.42 Å². The Bertz CT molecular complexity index is 839. The highest BCUT2D eigenvalue weighted by Crippen LogP contribution is 2.23. The average molecular weight is 338 g/mol. The molecule has 0 atom stereocenters. The molecule has 130 valence electrons.